The molecule has 0 aromatic heterocycles. The smallest absolute Gasteiger partial charge is 0.254 e. The molecule has 0 aliphatic carbocycles. The summed E-state index contributed by atoms with van der Waals surface area (Å²) in [7, 11) is 1.59. The zero-order valence-corrected chi connectivity index (χ0v) is 14.9. The number of hydrogen-bond donors (Lipinski definition) is 1. The number of amides is 2. The molecule has 2 fully saturated rings. The van der Waals surface area contributed by atoms with Gasteiger partial charge >= 0.3 is 0 Å². The van der Waals surface area contributed by atoms with Crippen LogP contribution in [-0.4, -0.2) is 55.6 Å². The lowest BCUT2D eigenvalue weighted by molar-refractivity contribution is -0.121. The van der Waals surface area contributed by atoms with Gasteiger partial charge in [0, 0.05) is 38.0 Å². The van der Waals surface area contributed by atoms with Crippen molar-refractivity contribution in [2.75, 3.05) is 38.3 Å². The van der Waals surface area contributed by atoms with Gasteiger partial charge in [-0.1, -0.05) is 0 Å². The number of nitrogens with zero attached hydrogens (tertiary/aromatic N) is 2. The summed E-state index contributed by atoms with van der Waals surface area (Å²) in [6.45, 7) is 3.11. The first-order chi connectivity index (χ1) is 12.1. The number of rotatable bonds is 6. The van der Waals surface area contributed by atoms with Crippen LogP contribution in [0, 0.1) is 0 Å². The van der Waals surface area contributed by atoms with Gasteiger partial charge in [0.05, 0.1) is 18.6 Å². The standard InChI is InChI=1S/C19H27N3O3/c1-25-14-19(13-17(20)23)9-4-12-22(19)18(24)15-5-7-16(8-6-15)21-10-2-3-11-21/h5-8H,2-4,9-14H2,1H3,(H2,20,23). The van der Waals surface area contributed by atoms with Gasteiger partial charge in [-0.05, 0) is 49.9 Å². The van der Waals surface area contributed by atoms with Crippen LogP contribution in [0.4, 0.5) is 5.69 Å². The highest BCUT2D eigenvalue weighted by Crippen LogP contribution is 2.34. The number of anilines is 1. The molecule has 2 aliphatic rings. The van der Waals surface area contributed by atoms with E-state index in [0.717, 1.165) is 31.6 Å². The van der Waals surface area contributed by atoms with Crippen LogP contribution >= 0.6 is 0 Å². The third-order valence-corrected chi connectivity index (χ3v) is 5.34. The number of primary amides is 1. The highest BCUT2D eigenvalue weighted by atomic mass is 16.5. The Hall–Kier alpha value is -2.08. The topological polar surface area (TPSA) is 75.9 Å². The number of likely N-dealkylation sites (tertiary alicyclic amines) is 1. The molecule has 0 radical (unpaired) electrons. The van der Waals surface area contributed by atoms with E-state index in [4.69, 9.17) is 10.5 Å². The van der Waals surface area contributed by atoms with Crippen LogP contribution in [0.2, 0.25) is 0 Å². The van der Waals surface area contributed by atoms with Gasteiger partial charge in [0.2, 0.25) is 5.91 Å². The molecular weight excluding hydrogens is 318 g/mol. The van der Waals surface area contributed by atoms with Gasteiger partial charge in [-0.25, -0.2) is 0 Å². The van der Waals surface area contributed by atoms with Crippen molar-refractivity contribution < 1.29 is 14.3 Å². The molecule has 6 nitrogen and oxygen atoms in total. The van der Waals surface area contributed by atoms with Crippen molar-refractivity contribution in [3.63, 3.8) is 0 Å². The van der Waals surface area contributed by atoms with Crippen molar-refractivity contribution >= 4 is 17.5 Å². The van der Waals surface area contributed by atoms with Gasteiger partial charge in [0.15, 0.2) is 0 Å². The van der Waals surface area contributed by atoms with Crippen molar-refractivity contribution in [3.8, 4) is 0 Å². The van der Waals surface area contributed by atoms with E-state index in [0.29, 0.717) is 18.7 Å². The molecule has 1 aromatic carbocycles. The van der Waals surface area contributed by atoms with Crippen molar-refractivity contribution in [3.05, 3.63) is 29.8 Å². The molecule has 0 saturated carbocycles. The number of carbonyl (C=O) groups is 2. The van der Waals surface area contributed by atoms with Crippen molar-refractivity contribution in [2.45, 2.75) is 37.6 Å². The predicted octanol–water partition coefficient (Wildman–Crippen LogP) is 1.78. The van der Waals surface area contributed by atoms with E-state index in [9.17, 15) is 9.59 Å². The summed E-state index contributed by atoms with van der Waals surface area (Å²) in [6.07, 6.45) is 4.18. The number of hydrogen-bond acceptors (Lipinski definition) is 4. The maximum absolute atomic E-state index is 13.1. The van der Waals surface area contributed by atoms with Gasteiger partial charge in [0.25, 0.3) is 5.91 Å². The van der Waals surface area contributed by atoms with Gasteiger partial charge in [-0.2, -0.15) is 0 Å². The van der Waals surface area contributed by atoms with Gasteiger partial charge in [-0.15, -0.1) is 0 Å². The van der Waals surface area contributed by atoms with Gasteiger partial charge in [-0.3, -0.25) is 9.59 Å². The second-order valence-electron chi connectivity index (χ2n) is 7.10. The summed E-state index contributed by atoms with van der Waals surface area (Å²) >= 11 is 0. The predicted molar refractivity (Wildman–Crippen MR) is 96.6 cm³/mol. The molecule has 2 saturated heterocycles. The second kappa shape index (κ2) is 7.44. The van der Waals surface area contributed by atoms with Gasteiger partial charge < -0.3 is 20.3 Å². The minimum Gasteiger partial charge on any atom is -0.382 e. The van der Waals surface area contributed by atoms with Crippen molar-refractivity contribution in [1.82, 2.24) is 4.90 Å². The van der Waals surface area contributed by atoms with E-state index in [-0.39, 0.29) is 12.3 Å². The third kappa shape index (κ3) is 3.63. The van der Waals surface area contributed by atoms with Crippen LogP contribution in [-0.2, 0) is 9.53 Å². The molecule has 6 heteroatoms. The van der Waals surface area contributed by atoms with E-state index in [1.165, 1.54) is 12.8 Å². The van der Waals surface area contributed by atoms with E-state index in [2.05, 4.69) is 4.90 Å². The van der Waals surface area contributed by atoms with Crippen molar-refractivity contribution in [2.24, 2.45) is 5.73 Å². The number of nitrogens with two attached hydrogens (primary N) is 1. The SMILES string of the molecule is COCC1(CC(N)=O)CCCN1C(=O)c1ccc(N2CCCC2)cc1. The van der Waals surface area contributed by atoms with Crippen LogP contribution in [0.15, 0.2) is 24.3 Å². The molecule has 1 unspecified atom stereocenters. The summed E-state index contributed by atoms with van der Waals surface area (Å²) in [4.78, 5) is 28.7. The molecule has 136 valence electrons. The number of carbonyl (C=O) groups excluding carboxylic acids is 2. The Morgan fingerprint density at radius 2 is 1.80 bits per heavy atom. The number of methoxy groups -OCH3 is 1. The molecule has 2 aliphatic heterocycles. The quantitative estimate of drug-likeness (QED) is 0.853. The summed E-state index contributed by atoms with van der Waals surface area (Å²) < 4.78 is 5.32. The summed E-state index contributed by atoms with van der Waals surface area (Å²) in [5, 5.41) is 0. The molecule has 2 heterocycles. The monoisotopic (exact) mass is 345 g/mol. The molecule has 0 bridgehead atoms. The minimum absolute atomic E-state index is 0.0521. The zero-order valence-electron chi connectivity index (χ0n) is 14.9. The first-order valence-corrected chi connectivity index (χ1v) is 9.00. The Kier molecular flexibility index (Phi) is 5.27. The largest absolute Gasteiger partial charge is 0.382 e. The lowest BCUT2D eigenvalue weighted by atomic mass is 9.92. The number of ether oxygens (including phenoxy) is 1. The van der Waals surface area contributed by atoms with Crippen LogP contribution in [0.5, 0.6) is 0 Å². The normalized spacial score (nSPS) is 23.2. The summed E-state index contributed by atoms with van der Waals surface area (Å²) in [6, 6.07) is 7.80. The molecule has 0 spiro atoms. The Labute approximate surface area is 148 Å². The maximum Gasteiger partial charge on any atom is 0.254 e. The fraction of sp³-hybridized carbons (Fsp3) is 0.579. The van der Waals surface area contributed by atoms with Crippen LogP contribution in [0.3, 0.4) is 0 Å². The third-order valence-electron chi connectivity index (χ3n) is 5.34. The van der Waals surface area contributed by atoms with E-state index < -0.39 is 11.4 Å². The molecule has 1 atom stereocenters. The van der Waals surface area contributed by atoms with E-state index in [1.807, 2.05) is 24.3 Å². The Bertz CT molecular complexity index is 625. The maximum atomic E-state index is 13.1. The van der Waals surface area contributed by atoms with Crippen molar-refractivity contribution in [1.29, 1.82) is 0 Å². The number of benzene rings is 1. The lowest BCUT2D eigenvalue weighted by Gasteiger charge is -2.37. The first kappa shape index (κ1) is 17.7. The fourth-order valence-corrected chi connectivity index (χ4v) is 4.18. The average Bonchev–Trinajstić information content (AvgIpc) is 3.24. The summed E-state index contributed by atoms with van der Waals surface area (Å²) in [5.74, 6) is -0.454. The fourth-order valence-electron chi connectivity index (χ4n) is 4.18. The van der Waals surface area contributed by atoms with Gasteiger partial charge in [0.1, 0.15) is 0 Å². The highest BCUT2D eigenvalue weighted by molar-refractivity contribution is 5.95. The summed E-state index contributed by atoms with van der Waals surface area (Å²) in [5.41, 5.74) is 6.63. The van der Waals surface area contributed by atoms with Crippen LogP contribution in [0.1, 0.15) is 42.5 Å². The molecular formula is C19H27N3O3. The Morgan fingerprint density at radius 3 is 2.40 bits per heavy atom. The molecule has 25 heavy (non-hydrogen) atoms. The molecule has 2 N–H and O–H groups in total. The molecule has 2 amide bonds. The lowest BCUT2D eigenvalue weighted by Crippen LogP contribution is -2.52. The molecule has 1 aromatic rings. The second-order valence-corrected chi connectivity index (χ2v) is 7.10. The van der Waals surface area contributed by atoms with Crippen LogP contribution < -0.4 is 10.6 Å². The molecule has 3 rings (SSSR count). The van der Waals surface area contributed by atoms with E-state index >= 15 is 0 Å². The Morgan fingerprint density at radius 1 is 1.12 bits per heavy atom. The highest BCUT2D eigenvalue weighted by Gasteiger charge is 2.45. The Balaban J connectivity index is 1.79. The van der Waals surface area contributed by atoms with E-state index in [1.54, 1.807) is 12.0 Å². The van der Waals surface area contributed by atoms with Crippen LogP contribution in [0.25, 0.3) is 0 Å². The first-order valence-electron chi connectivity index (χ1n) is 9.00. The zero-order chi connectivity index (χ0) is 17.9. The average molecular weight is 345 g/mol. The minimum atomic E-state index is -0.620.